The van der Waals surface area contributed by atoms with Crippen molar-refractivity contribution in [1.29, 1.82) is 0 Å². The number of urea groups is 1. The Labute approximate surface area is 110 Å². The predicted octanol–water partition coefficient (Wildman–Crippen LogP) is 2.86. The van der Waals surface area contributed by atoms with E-state index < -0.39 is 11.5 Å². The first kappa shape index (κ1) is 14.5. The molecule has 1 rings (SSSR count). The Bertz CT molecular complexity index is 409. The predicted molar refractivity (Wildman–Crippen MR) is 72.0 cm³/mol. The third-order valence-electron chi connectivity index (χ3n) is 2.38. The van der Waals surface area contributed by atoms with E-state index in [9.17, 15) is 9.59 Å². The second-order valence-corrected chi connectivity index (χ2v) is 5.69. The average Bonchev–Trinajstić information content (AvgIpc) is 2.67. The molecule has 1 aromatic rings. The smallest absolute Gasteiger partial charge is 0.322 e. The summed E-state index contributed by atoms with van der Waals surface area (Å²) >= 11 is 1.49. The maximum atomic E-state index is 12.1. The third kappa shape index (κ3) is 4.37. The molecule has 0 radical (unpaired) electrons. The topological polar surface area (TPSA) is 69.6 Å². The van der Waals surface area contributed by atoms with E-state index in [4.69, 9.17) is 5.11 Å². The Kier molecular flexibility index (Phi) is 4.72. The quantitative estimate of drug-likeness (QED) is 0.883. The van der Waals surface area contributed by atoms with Crippen LogP contribution in [0.4, 0.5) is 10.5 Å². The molecule has 5 nitrogen and oxygen atoms in total. The number of nitrogens with one attached hydrogen (secondary N) is 1. The Morgan fingerprint density at radius 1 is 1.44 bits per heavy atom. The Hall–Kier alpha value is -1.56. The zero-order valence-corrected chi connectivity index (χ0v) is 11.6. The van der Waals surface area contributed by atoms with Crippen LogP contribution in [0.15, 0.2) is 16.8 Å². The van der Waals surface area contributed by atoms with Gasteiger partial charge in [0.05, 0.1) is 12.1 Å². The van der Waals surface area contributed by atoms with Crippen LogP contribution in [0.3, 0.4) is 0 Å². The lowest BCUT2D eigenvalue weighted by Gasteiger charge is -2.35. The molecule has 1 aromatic heterocycles. The number of thiophene rings is 1. The number of carbonyl (C=O) groups excluding carboxylic acids is 1. The van der Waals surface area contributed by atoms with Crippen LogP contribution in [-0.4, -0.2) is 34.1 Å². The van der Waals surface area contributed by atoms with Crippen molar-refractivity contribution in [2.75, 3.05) is 11.9 Å². The first-order valence-corrected chi connectivity index (χ1v) is 6.57. The highest BCUT2D eigenvalue weighted by molar-refractivity contribution is 7.08. The van der Waals surface area contributed by atoms with Crippen LogP contribution in [-0.2, 0) is 4.79 Å². The molecule has 0 aliphatic carbocycles. The molecule has 0 aliphatic rings. The van der Waals surface area contributed by atoms with Crippen LogP contribution in [0, 0.1) is 0 Å². The van der Waals surface area contributed by atoms with Gasteiger partial charge in [0.2, 0.25) is 0 Å². The fraction of sp³-hybridized carbons (Fsp3) is 0.500. The van der Waals surface area contributed by atoms with Gasteiger partial charge < -0.3 is 15.3 Å². The van der Waals surface area contributed by atoms with Crippen LogP contribution in [0.5, 0.6) is 0 Å². The summed E-state index contributed by atoms with van der Waals surface area (Å²) in [5.41, 5.74) is 0.310. The molecule has 2 N–H and O–H groups in total. The standard InChI is InChI=1S/C12H18N2O3S/c1-12(2,3)14(6-4-10(15)16)11(17)13-9-5-7-18-8-9/h5,7-8H,4,6H2,1-3H3,(H,13,17)(H,15,16). The molecule has 2 amide bonds. The summed E-state index contributed by atoms with van der Waals surface area (Å²) in [6.07, 6.45) is -0.0612. The first-order chi connectivity index (χ1) is 8.30. The van der Waals surface area contributed by atoms with E-state index in [0.29, 0.717) is 0 Å². The maximum absolute atomic E-state index is 12.1. The van der Waals surface area contributed by atoms with Crippen LogP contribution in [0.2, 0.25) is 0 Å². The van der Waals surface area contributed by atoms with Crippen molar-refractivity contribution in [1.82, 2.24) is 4.90 Å². The highest BCUT2D eigenvalue weighted by atomic mass is 32.1. The highest BCUT2D eigenvalue weighted by Crippen LogP contribution is 2.18. The molecule has 18 heavy (non-hydrogen) atoms. The van der Waals surface area contributed by atoms with Crippen molar-refractivity contribution < 1.29 is 14.7 Å². The normalized spacial score (nSPS) is 11.1. The number of carboxylic acids is 1. The lowest BCUT2D eigenvalue weighted by molar-refractivity contribution is -0.137. The molecule has 0 saturated carbocycles. The van der Waals surface area contributed by atoms with Gasteiger partial charge in [-0.1, -0.05) is 0 Å². The van der Waals surface area contributed by atoms with Crippen molar-refractivity contribution in [3.05, 3.63) is 16.8 Å². The number of amides is 2. The highest BCUT2D eigenvalue weighted by Gasteiger charge is 2.26. The Morgan fingerprint density at radius 3 is 2.56 bits per heavy atom. The minimum Gasteiger partial charge on any atom is -0.481 e. The van der Waals surface area contributed by atoms with Crippen molar-refractivity contribution in [3.63, 3.8) is 0 Å². The third-order valence-corrected chi connectivity index (χ3v) is 3.06. The number of hydrogen-bond donors (Lipinski definition) is 2. The van der Waals surface area contributed by atoms with Gasteiger partial charge in [0.25, 0.3) is 0 Å². The lowest BCUT2D eigenvalue weighted by atomic mass is 10.1. The summed E-state index contributed by atoms with van der Waals surface area (Å²) in [4.78, 5) is 24.2. The van der Waals surface area contributed by atoms with E-state index >= 15 is 0 Å². The van der Waals surface area contributed by atoms with Crippen LogP contribution in [0.1, 0.15) is 27.2 Å². The van der Waals surface area contributed by atoms with Gasteiger partial charge in [0, 0.05) is 17.5 Å². The molecule has 0 aromatic carbocycles. The molecular formula is C12H18N2O3S. The van der Waals surface area contributed by atoms with E-state index in [1.807, 2.05) is 31.5 Å². The van der Waals surface area contributed by atoms with Gasteiger partial charge in [-0.2, -0.15) is 11.3 Å². The van der Waals surface area contributed by atoms with Crippen LogP contribution >= 0.6 is 11.3 Å². The molecule has 0 saturated heterocycles. The van der Waals surface area contributed by atoms with E-state index in [1.54, 1.807) is 6.07 Å². The van der Waals surface area contributed by atoms with Gasteiger partial charge in [-0.25, -0.2) is 4.79 Å². The summed E-state index contributed by atoms with van der Waals surface area (Å²) in [6.45, 7) is 5.82. The molecule has 0 bridgehead atoms. The average molecular weight is 270 g/mol. The summed E-state index contributed by atoms with van der Waals surface area (Å²) in [6, 6.07) is 1.53. The lowest BCUT2D eigenvalue weighted by Crippen LogP contribution is -2.48. The number of hydrogen-bond acceptors (Lipinski definition) is 3. The SMILES string of the molecule is CC(C)(C)N(CCC(=O)O)C(=O)Nc1ccsc1. The molecule has 6 heteroatoms. The van der Waals surface area contributed by atoms with E-state index in [0.717, 1.165) is 5.69 Å². The van der Waals surface area contributed by atoms with Crippen LogP contribution < -0.4 is 5.32 Å². The van der Waals surface area contributed by atoms with Crippen molar-refractivity contribution >= 4 is 29.0 Å². The summed E-state index contributed by atoms with van der Waals surface area (Å²) in [7, 11) is 0. The first-order valence-electron chi connectivity index (χ1n) is 5.63. The zero-order valence-electron chi connectivity index (χ0n) is 10.8. The van der Waals surface area contributed by atoms with Gasteiger partial charge in [0.15, 0.2) is 0 Å². The van der Waals surface area contributed by atoms with Gasteiger partial charge in [-0.3, -0.25) is 4.79 Å². The van der Waals surface area contributed by atoms with Crippen LogP contribution in [0.25, 0.3) is 0 Å². The fourth-order valence-corrected chi connectivity index (χ4v) is 2.06. The second-order valence-electron chi connectivity index (χ2n) is 4.91. The number of rotatable bonds is 4. The zero-order chi connectivity index (χ0) is 13.8. The van der Waals surface area contributed by atoms with Gasteiger partial charge in [0.1, 0.15) is 0 Å². The van der Waals surface area contributed by atoms with Gasteiger partial charge >= 0.3 is 12.0 Å². The van der Waals surface area contributed by atoms with Crippen molar-refractivity contribution in [2.45, 2.75) is 32.7 Å². The number of carboxylic acid groups (broad SMARTS) is 1. The molecule has 0 spiro atoms. The molecule has 100 valence electrons. The number of nitrogens with zero attached hydrogens (tertiary/aromatic N) is 1. The van der Waals surface area contributed by atoms with Gasteiger partial charge in [-0.15, -0.1) is 0 Å². The number of anilines is 1. The van der Waals surface area contributed by atoms with Crippen molar-refractivity contribution in [2.24, 2.45) is 0 Å². The summed E-state index contributed by atoms with van der Waals surface area (Å²) in [5.74, 6) is -0.910. The van der Waals surface area contributed by atoms with E-state index in [-0.39, 0.29) is 19.0 Å². The molecular weight excluding hydrogens is 252 g/mol. The fourth-order valence-electron chi connectivity index (χ4n) is 1.48. The van der Waals surface area contributed by atoms with Crippen molar-refractivity contribution in [3.8, 4) is 0 Å². The molecule has 1 heterocycles. The Morgan fingerprint density at radius 2 is 2.11 bits per heavy atom. The second kappa shape index (κ2) is 5.86. The minimum atomic E-state index is -0.910. The molecule has 0 fully saturated rings. The summed E-state index contributed by atoms with van der Waals surface area (Å²) in [5, 5.41) is 15.2. The minimum absolute atomic E-state index is 0.0612. The maximum Gasteiger partial charge on any atom is 0.322 e. The number of carbonyl (C=O) groups is 2. The molecule has 0 unspecified atom stereocenters. The number of aliphatic carboxylic acids is 1. The largest absolute Gasteiger partial charge is 0.481 e. The summed E-state index contributed by atoms with van der Waals surface area (Å²) < 4.78 is 0. The van der Waals surface area contributed by atoms with E-state index in [1.165, 1.54) is 16.2 Å². The van der Waals surface area contributed by atoms with E-state index in [2.05, 4.69) is 5.32 Å². The molecule has 0 aliphatic heterocycles. The monoisotopic (exact) mass is 270 g/mol. The Balaban J connectivity index is 2.70. The van der Waals surface area contributed by atoms with Gasteiger partial charge in [-0.05, 0) is 32.2 Å². The molecule has 0 atom stereocenters.